The van der Waals surface area contributed by atoms with Gasteiger partial charge in [-0.05, 0) is 0 Å². The topological polar surface area (TPSA) is 38.2 Å². The van der Waals surface area contributed by atoms with Gasteiger partial charge in [-0.1, -0.05) is 0 Å². The summed E-state index contributed by atoms with van der Waals surface area (Å²) in [4.78, 5) is 8.74. The molecule has 4 nitrogen and oxygen atoms in total. The van der Waals surface area contributed by atoms with Gasteiger partial charge in [0.15, 0.2) is 0 Å². The highest BCUT2D eigenvalue weighted by Gasteiger charge is 2.30. The Bertz CT molecular complexity index is 344. The minimum Gasteiger partial charge on any atom is -0.351 e. The largest absolute Gasteiger partial charge is 0.351 e. The summed E-state index contributed by atoms with van der Waals surface area (Å²) in [5.41, 5.74) is 0. The third-order valence-corrected chi connectivity index (χ3v) is 2.09. The lowest BCUT2D eigenvalue weighted by molar-refractivity contribution is -0.167. The molecule has 0 spiro atoms. The fraction of sp³-hybridized carbons (Fsp3) is 0.500. The molecular weight excluding hydrogens is 211 g/mol. The number of hydrogen-bond donors (Lipinski definition) is 0. The Hall–Kier alpha value is -1.37. The number of nitrogens with zero attached hydrogens (tertiary/aromatic N) is 3. The Labute approximate surface area is 83.7 Å². The Balaban J connectivity index is 1.89. The highest BCUT2D eigenvalue weighted by molar-refractivity contribution is 5.40. The van der Waals surface area contributed by atoms with E-state index in [1.165, 1.54) is 0 Å². The lowest BCUT2D eigenvalue weighted by atomic mass is 10.2. The van der Waals surface area contributed by atoms with Crippen LogP contribution in [0.25, 0.3) is 0 Å². The maximum atomic E-state index is 12.7. The minimum atomic E-state index is -2.76. The van der Waals surface area contributed by atoms with E-state index < -0.39 is 18.7 Å². The third-order valence-electron chi connectivity index (χ3n) is 2.09. The highest BCUT2D eigenvalue weighted by Crippen LogP contribution is 2.21. The van der Waals surface area contributed by atoms with Crippen LogP contribution in [0, 0.1) is 5.95 Å². The van der Waals surface area contributed by atoms with Crippen molar-refractivity contribution in [3.05, 3.63) is 18.3 Å². The van der Waals surface area contributed by atoms with Crippen molar-refractivity contribution in [1.29, 1.82) is 0 Å². The molecule has 0 radical (unpaired) electrons. The van der Waals surface area contributed by atoms with Gasteiger partial charge in [0.25, 0.3) is 0 Å². The van der Waals surface area contributed by atoms with Crippen LogP contribution in [0.15, 0.2) is 12.4 Å². The van der Waals surface area contributed by atoms with Crippen LogP contribution in [-0.2, 0) is 4.74 Å². The second kappa shape index (κ2) is 4.01. The fourth-order valence-corrected chi connectivity index (χ4v) is 1.35. The molecule has 0 unspecified atom stereocenters. The first-order valence-electron chi connectivity index (χ1n) is 4.31. The average Bonchev–Trinajstić information content (AvgIpc) is 2.10. The molecule has 0 bridgehead atoms. The van der Waals surface area contributed by atoms with Crippen LogP contribution in [-0.4, -0.2) is 35.8 Å². The molecule has 1 aromatic heterocycles. The van der Waals surface area contributed by atoms with E-state index in [0.29, 0.717) is 18.9 Å². The third kappa shape index (κ3) is 2.35. The van der Waals surface area contributed by atoms with Crippen molar-refractivity contribution in [2.45, 2.75) is 12.7 Å². The monoisotopic (exact) mass is 219 g/mol. The molecule has 0 saturated carbocycles. The molecule has 7 heteroatoms. The molecule has 1 aromatic rings. The van der Waals surface area contributed by atoms with Crippen LogP contribution in [0.2, 0.25) is 0 Å². The first kappa shape index (κ1) is 10.2. The zero-order chi connectivity index (χ0) is 10.8. The van der Waals surface area contributed by atoms with E-state index in [2.05, 4.69) is 14.7 Å². The van der Waals surface area contributed by atoms with Crippen LogP contribution < -0.4 is 4.90 Å². The maximum Gasteiger partial charge on any atom is 0.345 e. The van der Waals surface area contributed by atoms with Gasteiger partial charge < -0.3 is 9.64 Å². The SMILES string of the molecule is Fc1cc(N2CC(OC(F)F)C2)ncn1. The number of ether oxygens (including phenoxy) is 1. The summed E-state index contributed by atoms with van der Waals surface area (Å²) < 4.78 is 40.5. The summed E-state index contributed by atoms with van der Waals surface area (Å²) in [6.07, 6.45) is 0.578. The van der Waals surface area contributed by atoms with Gasteiger partial charge in [0.2, 0.25) is 5.95 Å². The quantitative estimate of drug-likeness (QED) is 0.712. The van der Waals surface area contributed by atoms with Gasteiger partial charge in [-0.25, -0.2) is 9.97 Å². The predicted octanol–water partition coefficient (Wildman–Crippen LogP) is 1.04. The summed E-state index contributed by atoms with van der Waals surface area (Å²) in [6.45, 7) is -2.18. The van der Waals surface area contributed by atoms with Crippen molar-refractivity contribution >= 4 is 5.82 Å². The molecule has 1 fully saturated rings. The van der Waals surface area contributed by atoms with E-state index in [4.69, 9.17) is 0 Å². The lowest BCUT2D eigenvalue weighted by Gasteiger charge is -2.39. The van der Waals surface area contributed by atoms with Crippen molar-refractivity contribution in [2.24, 2.45) is 0 Å². The normalized spacial score (nSPS) is 16.9. The second-order valence-corrected chi connectivity index (χ2v) is 3.12. The van der Waals surface area contributed by atoms with E-state index in [1.54, 1.807) is 4.90 Å². The number of hydrogen-bond acceptors (Lipinski definition) is 4. The van der Waals surface area contributed by atoms with Crippen LogP contribution in [0.4, 0.5) is 19.0 Å². The van der Waals surface area contributed by atoms with Crippen molar-refractivity contribution in [2.75, 3.05) is 18.0 Å². The molecule has 2 heterocycles. The Morgan fingerprint density at radius 3 is 2.73 bits per heavy atom. The Morgan fingerprint density at radius 1 is 1.40 bits per heavy atom. The molecule has 1 aliphatic rings. The van der Waals surface area contributed by atoms with Gasteiger partial charge in [0.05, 0.1) is 6.10 Å². The standard InChI is InChI=1S/C8H8F3N3O/c9-6-1-7(13-4-12-6)14-2-5(3-14)15-8(10)11/h1,4-5,8H,2-3H2. The number of aromatic nitrogens is 2. The summed E-state index contributed by atoms with van der Waals surface area (Å²) in [6, 6.07) is 1.15. The predicted molar refractivity (Wildman–Crippen MR) is 45.1 cm³/mol. The van der Waals surface area contributed by atoms with Crippen molar-refractivity contribution < 1.29 is 17.9 Å². The minimum absolute atomic E-state index is 0.292. The van der Waals surface area contributed by atoms with Crippen LogP contribution in [0.5, 0.6) is 0 Å². The number of alkyl halides is 2. The Kier molecular flexibility index (Phi) is 2.72. The lowest BCUT2D eigenvalue weighted by Crippen LogP contribution is -2.53. The fourth-order valence-electron chi connectivity index (χ4n) is 1.35. The molecule has 1 saturated heterocycles. The summed E-state index contributed by atoms with van der Waals surface area (Å²) in [7, 11) is 0. The smallest absolute Gasteiger partial charge is 0.345 e. The van der Waals surface area contributed by atoms with Gasteiger partial charge in [-0.15, -0.1) is 0 Å². The molecule has 0 aromatic carbocycles. The molecule has 0 amide bonds. The van der Waals surface area contributed by atoms with Crippen LogP contribution in [0.1, 0.15) is 0 Å². The van der Waals surface area contributed by atoms with E-state index in [-0.39, 0.29) is 0 Å². The number of anilines is 1. The zero-order valence-corrected chi connectivity index (χ0v) is 7.61. The van der Waals surface area contributed by atoms with Crippen molar-refractivity contribution in [3.8, 4) is 0 Å². The van der Waals surface area contributed by atoms with Crippen molar-refractivity contribution in [3.63, 3.8) is 0 Å². The van der Waals surface area contributed by atoms with E-state index in [9.17, 15) is 13.2 Å². The summed E-state index contributed by atoms with van der Waals surface area (Å²) in [5, 5.41) is 0. The molecule has 0 N–H and O–H groups in total. The van der Waals surface area contributed by atoms with Gasteiger partial charge in [0, 0.05) is 19.2 Å². The molecule has 1 aliphatic heterocycles. The molecular formula is C8H8F3N3O. The van der Waals surface area contributed by atoms with E-state index in [0.717, 1.165) is 12.4 Å². The number of rotatable bonds is 3. The Morgan fingerprint density at radius 2 is 2.13 bits per heavy atom. The van der Waals surface area contributed by atoms with Gasteiger partial charge in [0.1, 0.15) is 12.1 Å². The molecule has 0 atom stereocenters. The maximum absolute atomic E-state index is 12.7. The molecule has 15 heavy (non-hydrogen) atoms. The van der Waals surface area contributed by atoms with E-state index in [1.807, 2.05) is 0 Å². The van der Waals surface area contributed by atoms with Crippen LogP contribution in [0.3, 0.4) is 0 Å². The molecule has 0 aliphatic carbocycles. The van der Waals surface area contributed by atoms with Crippen molar-refractivity contribution in [1.82, 2.24) is 9.97 Å². The summed E-state index contributed by atoms with van der Waals surface area (Å²) >= 11 is 0. The highest BCUT2D eigenvalue weighted by atomic mass is 19.3. The second-order valence-electron chi connectivity index (χ2n) is 3.12. The van der Waals surface area contributed by atoms with Gasteiger partial charge >= 0.3 is 6.61 Å². The summed E-state index contributed by atoms with van der Waals surface area (Å²) in [5.74, 6) is -0.255. The van der Waals surface area contributed by atoms with Gasteiger partial charge in [-0.3, -0.25) is 0 Å². The first-order valence-corrected chi connectivity index (χ1v) is 4.31. The average molecular weight is 219 g/mol. The first-order chi connectivity index (χ1) is 7.15. The molecule has 2 rings (SSSR count). The zero-order valence-electron chi connectivity index (χ0n) is 7.61. The van der Waals surface area contributed by atoms with E-state index >= 15 is 0 Å². The van der Waals surface area contributed by atoms with Gasteiger partial charge in [-0.2, -0.15) is 13.2 Å². The number of halogens is 3. The van der Waals surface area contributed by atoms with Crippen LogP contribution >= 0.6 is 0 Å². The molecule has 82 valence electrons.